The second-order valence-corrected chi connectivity index (χ2v) is 8.92. The third kappa shape index (κ3) is 3.35. The van der Waals surface area contributed by atoms with Crippen LogP contribution in [0.2, 0.25) is 0 Å². The summed E-state index contributed by atoms with van der Waals surface area (Å²) in [6, 6.07) is 2.63. The Balaban J connectivity index is 1.94. The summed E-state index contributed by atoms with van der Waals surface area (Å²) >= 11 is 0. The van der Waals surface area contributed by atoms with E-state index in [1.165, 1.54) is 13.0 Å². The number of aromatic amines is 1. The van der Waals surface area contributed by atoms with Crippen LogP contribution in [0.5, 0.6) is 0 Å². The van der Waals surface area contributed by atoms with Crippen LogP contribution in [0.4, 0.5) is 23.2 Å². The van der Waals surface area contributed by atoms with Crippen LogP contribution in [0.15, 0.2) is 23.2 Å². The smallest absolute Gasteiger partial charge is 0.263 e. The summed E-state index contributed by atoms with van der Waals surface area (Å²) < 4.78 is 82.9. The highest BCUT2D eigenvalue weighted by molar-refractivity contribution is 7.92. The monoisotopic (exact) mass is 415 g/mol. The van der Waals surface area contributed by atoms with E-state index >= 15 is 0 Å². The van der Waals surface area contributed by atoms with Gasteiger partial charge in [0, 0.05) is 23.4 Å². The minimum Gasteiger partial charge on any atom is -0.363 e. The van der Waals surface area contributed by atoms with Crippen LogP contribution in [0, 0.1) is 28.4 Å². The largest absolute Gasteiger partial charge is 0.363 e. The molecule has 5 nitrogen and oxygen atoms in total. The van der Waals surface area contributed by atoms with Crippen LogP contribution < -0.4 is 4.72 Å². The normalized spacial score (nSPS) is 19.8. The van der Waals surface area contributed by atoms with Gasteiger partial charge in [0.1, 0.15) is 22.6 Å². The lowest BCUT2D eigenvalue weighted by Gasteiger charge is -2.38. The van der Waals surface area contributed by atoms with Crippen molar-refractivity contribution < 1.29 is 26.0 Å². The van der Waals surface area contributed by atoms with E-state index in [-0.39, 0.29) is 24.2 Å². The minimum atomic E-state index is -4.30. The molecule has 1 aliphatic rings. The molecule has 0 amide bonds. The first-order chi connectivity index (χ1) is 12.9. The van der Waals surface area contributed by atoms with Gasteiger partial charge in [-0.15, -0.1) is 0 Å². The highest BCUT2D eigenvalue weighted by atomic mass is 32.2. The van der Waals surface area contributed by atoms with Crippen LogP contribution in [0.25, 0.3) is 0 Å². The molecule has 2 N–H and O–H groups in total. The van der Waals surface area contributed by atoms with E-state index in [4.69, 9.17) is 5.26 Å². The van der Waals surface area contributed by atoms with Crippen molar-refractivity contribution in [2.45, 2.75) is 43.9 Å². The average molecular weight is 415 g/mol. The number of rotatable bonds is 4. The molecule has 1 heterocycles. The van der Waals surface area contributed by atoms with Crippen LogP contribution in [-0.4, -0.2) is 19.3 Å². The maximum absolute atomic E-state index is 14.0. The molecule has 1 aliphatic carbocycles. The summed E-state index contributed by atoms with van der Waals surface area (Å²) in [5.41, 5.74) is -1.79. The summed E-state index contributed by atoms with van der Waals surface area (Å²) in [6.45, 7) is 2.28. The predicted molar refractivity (Wildman–Crippen MR) is 93.4 cm³/mol. The second-order valence-electron chi connectivity index (χ2n) is 7.27. The van der Waals surface area contributed by atoms with Gasteiger partial charge in [-0.3, -0.25) is 4.72 Å². The number of hydrogen-bond donors (Lipinski definition) is 2. The van der Waals surface area contributed by atoms with E-state index in [0.29, 0.717) is 23.4 Å². The van der Waals surface area contributed by atoms with Gasteiger partial charge in [0.25, 0.3) is 15.9 Å². The molecule has 0 saturated heterocycles. The zero-order chi connectivity index (χ0) is 20.9. The molecule has 3 rings (SSSR count). The van der Waals surface area contributed by atoms with Crippen LogP contribution >= 0.6 is 0 Å². The number of hydrogen-bond acceptors (Lipinski definition) is 3. The number of benzene rings is 1. The molecule has 0 spiro atoms. The van der Waals surface area contributed by atoms with Crippen molar-refractivity contribution in [3.05, 3.63) is 46.8 Å². The zero-order valence-electron chi connectivity index (χ0n) is 15.0. The van der Waals surface area contributed by atoms with Gasteiger partial charge in [0.15, 0.2) is 0 Å². The quantitative estimate of drug-likeness (QED) is 0.737. The van der Waals surface area contributed by atoms with Gasteiger partial charge >= 0.3 is 0 Å². The topological polar surface area (TPSA) is 85.8 Å². The summed E-state index contributed by atoms with van der Waals surface area (Å²) in [6.07, 6.45) is 1.29. The number of nitriles is 1. The molecule has 0 saturated carbocycles. The third-order valence-electron chi connectivity index (χ3n) is 5.30. The number of halogens is 4. The van der Waals surface area contributed by atoms with Crippen molar-refractivity contribution in [3.63, 3.8) is 0 Å². The third-order valence-corrected chi connectivity index (χ3v) is 6.74. The molecule has 150 valence electrons. The number of alkyl halides is 2. The molecular weight excluding hydrogens is 398 g/mol. The molecule has 2 aromatic rings. The summed E-state index contributed by atoms with van der Waals surface area (Å²) in [5, 5.41) is 8.70. The van der Waals surface area contributed by atoms with Gasteiger partial charge in [-0.25, -0.2) is 26.0 Å². The molecule has 1 aromatic heterocycles. The van der Waals surface area contributed by atoms with Gasteiger partial charge in [-0.1, -0.05) is 6.92 Å². The van der Waals surface area contributed by atoms with Gasteiger partial charge in [0.05, 0.1) is 11.3 Å². The molecule has 1 aromatic carbocycles. The number of aromatic nitrogens is 1. The maximum atomic E-state index is 14.0. The molecule has 0 fully saturated rings. The maximum Gasteiger partial charge on any atom is 0.263 e. The Labute approximate surface area is 159 Å². The first-order valence-corrected chi connectivity index (χ1v) is 9.85. The van der Waals surface area contributed by atoms with Crippen LogP contribution in [0.1, 0.15) is 37.1 Å². The van der Waals surface area contributed by atoms with Gasteiger partial charge in [-0.05, 0) is 37.8 Å². The lowest BCUT2D eigenvalue weighted by Crippen LogP contribution is -2.41. The first-order valence-electron chi connectivity index (χ1n) is 8.37. The molecule has 10 heteroatoms. The summed E-state index contributed by atoms with van der Waals surface area (Å²) in [5.74, 6) is -5.13. The van der Waals surface area contributed by atoms with Gasteiger partial charge in [-0.2, -0.15) is 5.26 Å². The Bertz CT molecular complexity index is 1080. The van der Waals surface area contributed by atoms with Crippen molar-refractivity contribution in [2.24, 2.45) is 5.41 Å². The Hall–Kier alpha value is -2.54. The fraction of sp³-hybridized carbons (Fsp3) is 0.389. The van der Waals surface area contributed by atoms with Crippen LogP contribution in [0.3, 0.4) is 0 Å². The average Bonchev–Trinajstić information content (AvgIpc) is 3.00. The van der Waals surface area contributed by atoms with E-state index in [2.05, 4.69) is 4.98 Å². The van der Waals surface area contributed by atoms with E-state index in [1.807, 2.05) is 4.72 Å². The lowest BCUT2D eigenvalue weighted by atomic mass is 9.71. The summed E-state index contributed by atoms with van der Waals surface area (Å²) in [7, 11) is -4.30. The number of fused-ring (bicyclic) bond motifs is 1. The Morgan fingerprint density at radius 1 is 1.29 bits per heavy atom. The number of nitrogens with zero attached hydrogens (tertiary/aromatic N) is 1. The standard InChI is InChI=1S/C18H17F4N3O2S/c1-17(18(2,21)22)4-3-11-15(7-17)24-9-16(11)28(26,27)25-14-6-12(19)10(8-23)5-13(14)20/h5-6,9,24-25H,3-4,7H2,1-2H3. The van der Waals surface area contributed by atoms with Crippen LogP contribution in [-0.2, 0) is 22.9 Å². The van der Waals surface area contributed by atoms with Crippen molar-refractivity contribution in [3.8, 4) is 6.07 Å². The van der Waals surface area contributed by atoms with E-state index in [1.54, 1.807) is 0 Å². The van der Waals surface area contributed by atoms with Crippen molar-refractivity contribution in [2.75, 3.05) is 4.72 Å². The molecular formula is C18H17F4N3O2S. The molecule has 28 heavy (non-hydrogen) atoms. The Morgan fingerprint density at radius 2 is 1.96 bits per heavy atom. The molecule has 0 aliphatic heterocycles. The number of nitrogens with one attached hydrogen (secondary N) is 2. The zero-order valence-corrected chi connectivity index (χ0v) is 15.9. The number of H-pyrrole nitrogens is 1. The van der Waals surface area contributed by atoms with E-state index in [0.717, 1.165) is 13.1 Å². The fourth-order valence-corrected chi connectivity index (χ4v) is 4.63. The van der Waals surface area contributed by atoms with E-state index in [9.17, 15) is 26.0 Å². The fourth-order valence-electron chi connectivity index (χ4n) is 3.31. The number of anilines is 1. The highest BCUT2D eigenvalue weighted by Gasteiger charge is 2.48. The molecule has 0 radical (unpaired) electrons. The van der Waals surface area contributed by atoms with Crippen molar-refractivity contribution in [1.82, 2.24) is 4.98 Å². The number of sulfonamides is 1. The Kier molecular flexibility index (Phi) is 4.70. The van der Waals surface area contributed by atoms with Gasteiger partial charge < -0.3 is 4.98 Å². The van der Waals surface area contributed by atoms with E-state index < -0.39 is 44.2 Å². The van der Waals surface area contributed by atoms with Crippen molar-refractivity contribution in [1.29, 1.82) is 5.26 Å². The minimum absolute atomic E-state index is 0.0405. The second kappa shape index (κ2) is 6.51. The highest BCUT2D eigenvalue weighted by Crippen LogP contribution is 2.47. The SMILES string of the molecule is CC(F)(F)C1(C)CCc2c(S(=O)(=O)Nc3cc(F)c(C#N)cc3F)c[nH]c2C1. The first kappa shape index (κ1) is 20.2. The van der Waals surface area contributed by atoms with Crippen molar-refractivity contribution >= 4 is 15.7 Å². The molecule has 0 bridgehead atoms. The summed E-state index contributed by atoms with van der Waals surface area (Å²) in [4.78, 5) is 2.53. The lowest BCUT2D eigenvalue weighted by molar-refractivity contribution is -0.105. The Morgan fingerprint density at radius 3 is 2.57 bits per heavy atom. The molecule has 1 atom stereocenters. The van der Waals surface area contributed by atoms with Gasteiger partial charge in [0.2, 0.25) is 0 Å². The molecule has 1 unspecified atom stereocenters. The predicted octanol–water partition coefficient (Wildman–Crippen LogP) is 4.12.